The number of benzene rings is 2. The Kier molecular flexibility index (Phi) is 5.87. The van der Waals surface area contributed by atoms with Crippen molar-refractivity contribution in [2.75, 3.05) is 0 Å². The molecule has 1 aromatic heterocycles. The van der Waals surface area contributed by atoms with Gasteiger partial charge in [-0.25, -0.2) is 13.3 Å². The molecule has 0 radical (unpaired) electrons. The molecule has 0 amide bonds. The number of aromatic nitrogens is 2. The van der Waals surface area contributed by atoms with Crippen molar-refractivity contribution in [3.8, 4) is 11.3 Å². The van der Waals surface area contributed by atoms with Crippen molar-refractivity contribution in [3.05, 3.63) is 84.3 Å². The Bertz CT molecular complexity index is 836. The van der Waals surface area contributed by atoms with Gasteiger partial charge in [0.1, 0.15) is 11.6 Å². The van der Waals surface area contributed by atoms with E-state index in [1.807, 2.05) is 0 Å². The number of hydrogen-bond acceptors (Lipinski definition) is 2. The molecule has 0 unspecified atom stereocenters. The molecule has 0 N–H and O–H groups in total. The van der Waals surface area contributed by atoms with Crippen LogP contribution in [0.1, 0.15) is 10.4 Å². The van der Waals surface area contributed by atoms with Gasteiger partial charge in [-0.2, -0.15) is 0 Å². The van der Waals surface area contributed by atoms with Gasteiger partial charge in [0.05, 0.1) is 11.8 Å². The SMILES string of the molecule is O=C(C[n+]1ccc(-c2ccccc2F)nc1)c1ccc(F)cc1.[Br-]. The lowest BCUT2D eigenvalue weighted by atomic mass is 10.1. The number of halogens is 3. The second-order valence-corrected chi connectivity index (χ2v) is 5.03. The summed E-state index contributed by atoms with van der Waals surface area (Å²) in [7, 11) is 0. The van der Waals surface area contributed by atoms with E-state index >= 15 is 0 Å². The quantitative estimate of drug-likeness (QED) is 0.471. The Labute approximate surface area is 148 Å². The van der Waals surface area contributed by atoms with Crippen LogP contribution in [0.2, 0.25) is 0 Å². The van der Waals surface area contributed by atoms with Crippen LogP contribution in [0.5, 0.6) is 0 Å². The molecule has 0 spiro atoms. The van der Waals surface area contributed by atoms with Crippen LogP contribution in [0.4, 0.5) is 8.78 Å². The number of hydrogen-bond donors (Lipinski definition) is 0. The standard InChI is InChI=1S/C18H13F2N2O.BrH/c19-14-7-5-13(6-8-14)18(23)11-22-10-9-17(21-12-22)15-3-1-2-4-16(15)20;/h1-10,12H,11H2;1H/q+1;/p-1. The van der Waals surface area contributed by atoms with Gasteiger partial charge in [-0.05, 0) is 41.4 Å². The highest BCUT2D eigenvalue weighted by atomic mass is 79.9. The predicted octanol–water partition coefficient (Wildman–Crippen LogP) is 0.201. The fourth-order valence-corrected chi connectivity index (χ4v) is 2.20. The monoisotopic (exact) mass is 390 g/mol. The van der Waals surface area contributed by atoms with E-state index in [4.69, 9.17) is 0 Å². The predicted molar refractivity (Wildman–Crippen MR) is 80.6 cm³/mol. The molecular formula is C18H13BrF2N2O. The third kappa shape index (κ3) is 4.08. The highest BCUT2D eigenvalue weighted by Crippen LogP contribution is 2.18. The first-order valence-electron chi connectivity index (χ1n) is 7.02. The molecule has 0 fully saturated rings. The number of carbonyl (C=O) groups excluding carboxylic acids is 1. The molecule has 122 valence electrons. The van der Waals surface area contributed by atoms with Crippen LogP contribution in [-0.2, 0) is 6.54 Å². The Balaban J connectivity index is 0.00000208. The first-order valence-corrected chi connectivity index (χ1v) is 7.02. The van der Waals surface area contributed by atoms with E-state index < -0.39 is 0 Å². The van der Waals surface area contributed by atoms with E-state index in [9.17, 15) is 13.6 Å². The van der Waals surface area contributed by atoms with Crippen LogP contribution in [0, 0.1) is 11.6 Å². The summed E-state index contributed by atoms with van der Waals surface area (Å²) in [5, 5.41) is 0. The summed E-state index contributed by atoms with van der Waals surface area (Å²) in [6, 6.07) is 13.4. The van der Waals surface area contributed by atoms with Crippen LogP contribution in [0.3, 0.4) is 0 Å². The molecule has 0 atom stereocenters. The molecule has 3 aromatic rings. The Morgan fingerprint density at radius 1 is 1.00 bits per heavy atom. The molecule has 0 aliphatic heterocycles. The van der Waals surface area contributed by atoms with Crippen molar-refractivity contribution < 1.29 is 35.1 Å². The molecule has 0 aliphatic rings. The first-order chi connectivity index (χ1) is 11.1. The lowest BCUT2D eigenvalue weighted by Crippen LogP contribution is -3.00. The van der Waals surface area contributed by atoms with Gasteiger partial charge in [0.2, 0.25) is 5.78 Å². The zero-order chi connectivity index (χ0) is 16.2. The fourth-order valence-electron chi connectivity index (χ4n) is 2.20. The minimum atomic E-state index is -0.384. The smallest absolute Gasteiger partial charge is 0.287 e. The van der Waals surface area contributed by atoms with Crippen LogP contribution < -0.4 is 21.5 Å². The van der Waals surface area contributed by atoms with Crippen molar-refractivity contribution in [2.24, 2.45) is 0 Å². The van der Waals surface area contributed by atoms with Gasteiger partial charge >= 0.3 is 0 Å². The molecule has 1 heterocycles. The summed E-state index contributed by atoms with van der Waals surface area (Å²) in [4.78, 5) is 16.3. The normalized spacial score (nSPS) is 10.1. The second kappa shape index (κ2) is 7.88. The van der Waals surface area contributed by atoms with Crippen molar-refractivity contribution in [3.63, 3.8) is 0 Å². The molecular weight excluding hydrogens is 378 g/mol. The van der Waals surface area contributed by atoms with Crippen LogP contribution in [0.15, 0.2) is 67.1 Å². The second-order valence-electron chi connectivity index (χ2n) is 5.03. The van der Waals surface area contributed by atoms with Crippen LogP contribution in [0.25, 0.3) is 11.3 Å². The fraction of sp³-hybridized carbons (Fsp3) is 0.0556. The average molecular weight is 391 g/mol. The first kappa shape index (κ1) is 17.9. The maximum atomic E-state index is 13.7. The summed E-state index contributed by atoms with van der Waals surface area (Å²) in [6.45, 7) is 0.0795. The van der Waals surface area contributed by atoms with Crippen molar-refractivity contribution in [1.82, 2.24) is 4.98 Å². The van der Waals surface area contributed by atoms with Gasteiger partial charge in [-0.1, -0.05) is 12.1 Å². The summed E-state index contributed by atoms with van der Waals surface area (Å²) >= 11 is 0. The van der Waals surface area contributed by atoms with E-state index in [0.717, 1.165) is 0 Å². The molecule has 3 nitrogen and oxygen atoms in total. The molecule has 0 aliphatic carbocycles. The number of carbonyl (C=O) groups is 1. The van der Waals surface area contributed by atoms with E-state index in [1.165, 1.54) is 36.7 Å². The summed E-state index contributed by atoms with van der Waals surface area (Å²) < 4.78 is 28.2. The maximum Gasteiger partial charge on any atom is 0.287 e. The number of ketones is 1. The van der Waals surface area contributed by atoms with Crippen molar-refractivity contribution in [1.29, 1.82) is 0 Å². The highest BCUT2D eigenvalue weighted by molar-refractivity contribution is 5.94. The number of Topliss-reactive ketones (excluding diaryl/α,β-unsaturated/α-hetero) is 1. The van der Waals surface area contributed by atoms with Gasteiger partial charge in [0, 0.05) is 11.6 Å². The van der Waals surface area contributed by atoms with Gasteiger partial charge in [-0.3, -0.25) is 4.79 Å². The average Bonchev–Trinajstić information content (AvgIpc) is 2.57. The van der Waals surface area contributed by atoms with Crippen LogP contribution in [-0.4, -0.2) is 10.8 Å². The summed E-state index contributed by atoms with van der Waals surface area (Å²) in [5.41, 5.74) is 1.33. The number of rotatable bonds is 4. The van der Waals surface area contributed by atoms with E-state index in [-0.39, 0.29) is 40.9 Å². The van der Waals surface area contributed by atoms with E-state index in [0.29, 0.717) is 16.8 Å². The third-order valence-corrected chi connectivity index (χ3v) is 3.41. The van der Waals surface area contributed by atoms with Gasteiger partial charge in [0.15, 0.2) is 12.2 Å². The Morgan fingerprint density at radius 2 is 1.71 bits per heavy atom. The van der Waals surface area contributed by atoms with Crippen LogP contribution >= 0.6 is 0 Å². The molecule has 0 bridgehead atoms. The molecule has 6 heteroatoms. The lowest BCUT2D eigenvalue weighted by Gasteiger charge is -2.01. The van der Waals surface area contributed by atoms with Gasteiger partial charge in [-0.15, -0.1) is 0 Å². The molecule has 2 aromatic carbocycles. The van der Waals surface area contributed by atoms with Gasteiger partial charge < -0.3 is 17.0 Å². The zero-order valence-corrected chi connectivity index (χ0v) is 14.1. The Morgan fingerprint density at radius 3 is 2.33 bits per heavy atom. The minimum absolute atomic E-state index is 0. The third-order valence-electron chi connectivity index (χ3n) is 3.41. The Hall–Kier alpha value is -2.47. The zero-order valence-electron chi connectivity index (χ0n) is 12.5. The highest BCUT2D eigenvalue weighted by Gasteiger charge is 2.13. The molecule has 0 saturated heterocycles. The van der Waals surface area contributed by atoms with Gasteiger partial charge in [0.25, 0.3) is 6.33 Å². The molecule has 3 rings (SSSR count). The topological polar surface area (TPSA) is 33.8 Å². The molecule has 24 heavy (non-hydrogen) atoms. The summed E-state index contributed by atoms with van der Waals surface area (Å²) in [5.74, 6) is -0.888. The maximum absolute atomic E-state index is 13.7. The molecule has 0 saturated carbocycles. The summed E-state index contributed by atoms with van der Waals surface area (Å²) in [6.07, 6.45) is 3.14. The number of nitrogens with zero attached hydrogens (tertiary/aromatic N) is 2. The van der Waals surface area contributed by atoms with E-state index in [2.05, 4.69) is 4.98 Å². The minimum Gasteiger partial charge on any atom is -1.00 e. The largest absolute Gasteiger partial charge is 1.00 e. The van der Waals surface area contributed by atoms with E-state index in [1.54, 1.807) is 35.0 Å². The van der Waals surface area contributed by atoms with Crippen molar-refractivity contribution in [2.45, 2.75) is 6.54 Å². The lowest BCUT2D eigenvalue weighted by molar-refractivity contribution is -0.686. The van der Waals surface area contributed by atoms with Crippen molar-refractivity contribution >= 4 is 5.78 Å².